The van der Waals surface area contributed by atoms with E-state index in [9.17, 15) is 28.8 Å². The molecule has 0 aromatic rings. The highest BCUT2D eigenvalue weighted by Crippen LogP contribution is 2.31. The number of ether oxygens (including phenoxy) is 5. The van der Waals surface area contributed by atoms with Crippen LogP contribution in [0, 0.1) is 17.8 Å². The Morgan fingerprint density at radius 1 is 0.694 bits per heavy atom. The maximum Gasteiger partial charge on any atom is 0.371 e. The molecule has 0 unspecified atom stereocenters. The predicted octanol–water partition coefficient (Wildman–Crippen LogP) is 4.35. The van der Waals surface area contributed by atoms with Crippen molar-refractivity contribution in [2.45, 2.75) is 72.7 Å². The number of hydrogen-bond acceptors (Lipinski definition) is 13. The standard InChI is InChI=1S/C23H36O11S2/c1-13(2)18(25)30-11-32-21(28)35-10-16(20(27)34-15(5)6)9-17(24)23(7,8)36-22(29)33-12-31-19(26)14(3)4/h13-16H,9-12H2,1-8H3/t16-/m0/s1. The third-order valence-corrected chi connectivity index (χ3v) is 6.17. The zero-order valence-corrected chi connectivity index (χ0v) is 23.6. The zero-order chi connectivity index (χ0) is 28.1. The second-order valence-electron chi connectivity index (χ2n) is 8.99. The molecule has 0 saturated heterocycles. The lowest BCUT2D eigenvalue weighted by Gasteiger charge is -2.24. The highest BCUT2D eigenvalue weighted by molar-refractivity contribution is 8.15. The molecule has 0 fully saturated rings. The Labute approximate surface area is 220 Å². The van der Waals surface area contributed by atoms with Crippen LogP contribution in [-0.4, -0.2) is 64.5 Å². The van der Waals surface area contributed by atoms with Crippen molar-refractivity contribution in [1.82, 2.24) is 0 Å². The maximum atomic E-state index is 12.9. The second-order valence-corrected chi connectivity index (χ2v) is 11.5. The molecule has 13 heteroatoms. The molecule has 0 heterocycles. The van der Waals surface area contributed by atoms with E-state index >= 15 is 0 Å². The molecule has 1 atom stereocenters. The fourth-order valence-electron chi connectivity index (χ4n) is 2.12. The highest BCUT2D eigenvalue weighted by Gasteiger charge is 2.36. The minimum absolute atomic E-state index is 0.134. The van der Waals surface area contributed by atoms with E-state index in [2.05, 4.69) is 0 Å². The maximum absolute atomic E-state index is 12.9. The Balaban J connectivity index is 4.96. The van der Waals surface area contributed by atoms with Gasteiger partial charge in [-0.15, -0.1) is 0 Å². The van der Waals surface area contributed by atoms with E-state index < -0.39 is 64.6 Å². The minimum Gasteiger partial charge on any atom is -0.463 e. The number of ketones is 1. The van der Waals surface area contributed by atoms with Crippen LogP contribution >= 0.6 is 23.5 Å². The van der Waals surface area contributed by atoms with E-state index in [0.717, 1.165) is 0 Å². The van der Waals surface area contributed by atoms with Crippen molar-refractivity contribution in [3.63, 3.8) is 0 Å². The number of esters is 3. The molecule has 0 aliphatic rings. The summed E-state index contributed by atoms with van der Waals surface area (Å²) in [6.45, 7) is 11.6. The van der Waals surface area contributed by atoms with E-state index in [-0.39, 0.29) is 24.0 Å². The fraction of sp³-hybridized carbons (Fsp3) is 0.739. The van der Waals surface area contributed by atoms with Gasteiger partial charge >= 0.3 is 28.5 Å². The van der Waals surface area contributed by atoms with E-state index in [1.54, 1.807) is 41.5 Å². The summed E-state index contributed by atoms with van der Waals surface area (Å²) in [4.78, 5) is 72.4. The summed E-state index contributed by atoms with van der Waals surface area (Å²) in [7, 11) is 0. The van der Waals surface area contributed by atoms with Crippen molar-refractivity contribution in [1.29, 1.82) is 0 Å². The molecule has 0 aliphatic heterocycles. The van der Waals surface area contributed by atoms with Gasteiger partial charge in [0.05, 0.1) is 28.6 Å². The van der Waals surface area contributed by atoms with Gasteiger partial charge in [0.15, 0.2) is 0 Å². The van der Waals surface area contributed by atoms with E-state index in [1.165, 1.54) is 13.8 Å². The van der Waals surface area contributed by atoms with Crippen LogP contribution in [-0.2, 0) is 42.9 Å². The third kappa shape index (κ3) is 14.3. The van der Waals surface area contributed by atoms with Gasteiger partial charge in [-0.2, -0.15) is 0 Å². The third-order valence-electron chi connectivity index (χ3n) is 4.23. The Hall–Kier alpha value is -2.28. The van der Waals surface area contributed by atoms with Gasteiger partial charge in [0, 0.05) is 12.2 Å². The molecule has 0 rings (SSSR count). The van der Waals surface area contributed by atoms with Crippen LogP contribution in [0.3, 0.4) is 0 Å². The first-order chi connectivity index (χ1) is 16.6. The summed E-state index contributed by atoms with van der Waals surface area (Å²) >= 11 is 1.21. The number of carbonyl (C=O) groups excluding carboxylic acids is 6. The van der Waals surface area contributed by atoms with Crippen LogP contribution in [0.1, 0.15) is 61.8 Å². The van der Waals surface area contributed by atoms with Crippen LogP contribution in [0.15, 0.2) is 0 Å². The Kier molecular flexibility index (Phi) is 15.4. The first-order valence-electron chi connectivity index (χ1n) is 11.3. The normalized spacial score (nSPS) is 12.2. The summed E-state index contributed by atoms with van der Waals surface area (Å²) in [5.74, 6) is -4.13. The average Bonchev–Trinajstić information content (AvgIpc) is 2.74. The van der Waals surface area contributed by atoms with E-state index in [4.69, 9.17) is 23.7 Å². The van der Waals surface area contributed by atoms with E-state index in [1.807, 2.05) is 0 Å². The molecule has 0 aromatic carbocycles. The van der Waals surface area contributed by atoms with Crippen molar-refractivity contribution in [2.24, 2.45) is 17.8 Å². The lowest BCUT2D eigenvalue weighted by atomic mass is 9.97. The number of thioether (sulfide) groups is 2. The van der Waals surface area contributed by atoms with Gasteiger partial charge in [-0.05, 0) is 51.2 Å². The van der Waals surface area contributed by atoms with Crippen LogP contribution < -0.4 is 0 Å². The Morgan fingerprint density at radius 2 is 1.17 bits per heavy atom. The van der Waals surface area contributed by atoms with Crippen LogP contribution in [0.4, 0.5) is 9.59 Å². The molecule has 0 saturated carbocycles. The second kappa shape index (κ2) is 16.5. The molecule has 206 valence electrons. The molecule has 0 aromatic heterocycles. The largest absolute Gasteiger partial charge is 0.463 e. The molecule has 36 heavy (non-hydrogen) atoms. The van der Waals surface area contributed by atoms with Gasteiger partial charge in [-0.3, -0.25) is 19.2 Å². The molecular formula is C23H36O11S2. The SMILES string of the molecule is CC(C)OC(=O)[C@H](CSC(=O)OCOC(=O)C(C)C)CC(=O)C(C)(C)SC(=O)OCOC(=O)C(C)C. The van der Waals surface area contributed by atoms with Crippen molar-refractivity contribution < 1.29 is 52.5 Å². The van der Waals surface area contributed by atoms with Gasteiger partial charge < -0.3 is 23.7 Å². The summed E-state index contributed by atoms with van der Waals surface area (Å²) in [6.07, 6.45) is -0.766. The summed E-state index contributed by atoms with van der Waals surface area (Å²) in [6, 6.07) is 0. The lowest BCUT2D eigenvalue weighted by molar-refractivity contribution is -0.156. The Morgan fingerprint density at radius 3 is 1.61 bits per heavy atom. The van der Waals surface area contributed by atoms with Crippen molar-refractivity contribution >= 4 is 57.8 Å². The molecule has 0 N–H and O–H groups in total. The van der Waals surface area contributed by atoms with Gasteiger partial charge in [0.1, 0.15) is 5.78 Å². The minimum atomic E-state index is -1.29. The van der Waals surface area contributed by atoms with Gasteiger partial charge in [0.25, 0.3) is 0 Å². The molecule has 0 aliphatic carbocycles. The molecular weight excluding hydrogens is 516 g/mol. The molecule has 0 radical (unpaired) electrons. The lowest BCUT2D eigenvalue weighted by Crippen LogP contribution is -2.35. The predicted molar refractivity (Wildman–Crippen MR) is 133 cm³/mol. The number of Topliss-reactive ketones (excluding diaryl/α,β-unsaturated/α-hetero) is 1. The number of hydrogen-bond donors (Lipinski definition) is 0. The smallest absolute Gasteiger partial charge is 0.371 e. The van der Waals surface area contributed by atoms with Gasteiger partial charge in [-0.25, -0.2) is 9.59 Å². The van der Waals surface area contributed by atoms with Crippen molar-refractivity contribution in [2.75, 3.05) is 19.3 Å². The molecule has 0 amide bonds. The van der Waals surface area contributed by atoms with Gasteiger partial charge in [0.2, 0.25) is 13.6 Å². The highest BCUT2D eigenvalue weighted by atomic mass is 32.2. The summed E-state index contributed by atoms with van der Waals surface area (Å²) < 4.78 is 23.1. The quantitative estimate of drug-likeness (QED) is 0.171. The van der Waals surface area contributed by atoms with Crippen molar-refractivity contribution in [3.05, 3.63) is 0 Å². The molecule has 0 bridgehead atoms. The number of rotatable bonds is 14. The first-order valence-corrected chi connectivity index (χ1v) is 13.1. The number of carbonyl (C=O) groups is 6. The van der Waals surface area contributed by atoms with Crippen LogP contribution in [0.25, 0.3) is 0 Å². The van der Waals surface area contributed by atoms with Gasteiger partial charge in [-0.1, -0.05) is 27.7 Å². The van der Waals surface area contributed by atoms with Crippen molar-refractivity contribution in [3.8, 4) is 0 Å². The average molecular weight is 553 g/mol. The molecule has 0 spiro atoms. The summed E-state index contributed by atoms with van der Waals surface area (Å²) in [5, 5.41) is -1.63. The van der Waals surface area contributed by atoms with E-state index in [0.29, 0.717) is 23.5 Å². The Bertz CT molecular complexity index is 791. The van der Waals surface area contributed by atoms with Crippen LogP contribution in [0.5, 0.6) is 0 Å². The fourth-order valence-corrected chi connectivity index (χ4v) is 3.56. The first kappa shape index (κ1) is 33.7. The van der Waals surface area contributed by atoms with Crippen LogP contribution in [0.2, 0.25) is 0 Å². The monoisotopic (exact) mass is 552 g/mol. The summed E-state index contributed by atoms with van der Waals surface area (Å²) in [5.41, 5.74) is 0. The molecule has 11 nitrogen and oxygen atoms in total. The topological polar surface area (TPSA) is 149 Å². The zero-order valence-electron chi connectivity index (χ0n) is 21.9.